The molecule has 1 aromatic rings. The van der Waals surface area contributed by atoms with E-state index in [1.807, 2.05) is 25.1 Å². The van der Waals surface area contributed by atoms with Crippen molar-refractivity contribution >= 4 is 5.69 Å². The predicted molar refractivity (Wildman–Crippen MR) is 59.2 cm³/mol. The summed E-state index contributed by atoms with van der Waals surface area (Å²) in [5.74, 6) is 3.31. The minimum absolute atomic E-state index is 0.622. The molecule has 0 aliphatic rings. The van der Waals surface area contributed by atoms with Crippen LogP contribution in [0.15, 0.2) is 18.2 Å². The molecule has 0 fully saturated rings. The fourth-order valence-corrected chi connectivity index (χ4v) is 1.16. The van der Waals surface area contributed by atoms with Gasteiger partial charge in [-0.15, -0.1) is 12.3 Å². The molecule has 2 nitrogen and oxygen atoms in total. The first-order valence-corrected chi connectivity index (χ1v) is 4.66. The summed E-state index contributed by atoms with van der Waals surface area (Å²) in [6.45, 7) is 2.62. The van der Waals surface area contributed by atoms with E-state index in [9.17, 15) is 0 Å². The number of rotatable bonds is 4. The number of aryl methyl sites for hydroxylation is 1. The lowest BCUT2D eigenvalue weighted by Crippen LogP contribution is -2.00. The molecule has 0 heterocycles. The van der Waals surface area contributed by atoms with Crippen LogP contribution in [-0.4, -0.2) is 6.61 Å². The molecule has 0 bridgehead atoms. The van der Waals surface area contributed by atoms with Crippen molar-refractivity contribution in [1.82, 2.24) is 0 Å². The molecule has 1 aromatic carbocycles. The highest BCUT2D eigenvalue weighted by Crippen LogP contribution is 2.22. The van der Waals surface area contributed by atoms with E-state index in [0.29, 0.717) is 12.3 Å². The highest BCUT2D eigenvalue weighted by atomic mass is 16.5. The van der Waals surface area contributed by atoms with Crippen molar-refractivity contribution in [2.24, 2.45) is 0 Å². The van der Waals surface area contributed by atoms with Crippen molar-refractivity contribution in [2.75, 3.05) is 12.3 Å². The first-order valence-electron chi connectivity index (χ1n) is 4.66. The van der Waals surface area contributed by atoms with E-state index in [2.05, 4.69) is 5.92 Å². The number of benzene rings is 1. The molecule has 0 aliphatic carbocycles. The Morgan fingerprint density at radius 2 is 2.29 bits per heavy atom. The second-order valence-corrected chi connectivity index (χ2v) is 3.20. The lowest BCUT2D eigenvalue weighted by atomic mass is 10.2. The number of hydrogen-bond donors (Lipinski definition) is 1. The minimum Gasteiger partial charge on any atom is -0.491 e. The zero-order valence-corrected chi connectivity index (χ0v) is 8.42. The Labute approximate surface area is 85.1 Å². The first kappa shape index (κ1) is 10.5. The summed E-state index contributed by atoms with van der Waals surface area (Å²) in [7, 11) is 0. The molecule has 0 atom stereocenters. The summed E-state index contributed by atoms with van der Waals surface area (Å²) in [5.41, 5.74) is 7.59. The Kier molecular flexibility index (Phi) is 3.87. The SMILES string of the molecule is C#CCCCOc1ccc(C)cc1N. The summed E-state index contributed by atoms with van der Waals surface area (Å²) >= 11 is 0. The topological polar surface area (TPSA) is 35.2 Å². The fourth-order valence-electron chi connectivity index (χ4n) is 1.16. The maximum atomic E-state index is 5.77. The number of ether oxygens (including phenoxy) is 1. The Morgan fingerprint density at radius 3 is 2.93 bits per heavy atom. The van der Waals surface area contributed by atoms with Crippen LogP contribution < -0.4 is 10.5 Å². The van der Waals surface area contributed by atoms with E-state index in [-0.39, 0.29) is 0 Å². The van der Waals surface area contributed by atoms with Crippen molar-refractivity contribution in [1.29, 1.82) is 0 Å². The molecule has 0 radical (unpaired) electrons. The van der Waals surface area contributed by atoms with Crippen LogP contribution in [0.2, 0.25) is 0 Å². The summed E-state index contributed by atoms with van der Waals surface area (Å²) in [5, 5.41) is 0. The fraction of sp³-hybridized carbons (Fsp3) is 0.333. The molecule has 0 spiro atoms. The average molecular weight is 189 g/mol. The number of nitrogens with two attached hydrogens (primary N) is 1. The monoisotopic (exact) mass is 189 g/mol. The van der Waals surface area contributed by atoms with Gasteiger partial charge in [-0.2, -0.15) is 0 Å². The van der Waals surface area contributed by atoms with E-state index >= 15 is 0 Å². The average Bonchev–Trinajstić information content (AvgIpc) is 2.15. The highest BCUT2D eigenvalue weighted by Gasteiger charge is 1.99. The van der Waals surface area contributed by atoms with Gasteiger partial charge in [0.2, 0.25) is 0 Å². The lowest BCUT2D eigenvalue weighted by Gasteiger charge is -2.08. The smallest absolute Gasteiger partial charge is 0.142 e. The zero-order chi connectivity index (χ0) is 10.4. The second kappa shape index (κ2) is 5.18. The number of anilines is 1. The maximum Gasteiger partial charge on any atom is 0.142 e. The van der Waals surface area contributed by atoms with Gasteiger partial charge in [0.1, 0.15) is 5.75 Å². The molecule has 0 saturated heterocycles. The van der Waals surface area contributed by atoms with Crippen LogP contribution in [0.4, 0.5) is 5.69 Å². The van der Waals surface area contributed by atoms with Gasteiger partial charge in [-0.25, -0.2) is 0 Å². The van der Waals surface area contributed by atoms with Gasteiger partial charge in [0.15, 0.2) is 0 Å². The van der Waals surface area contributed by atoms with Gasteiger partial charge in [0, 0.05) is 6.42 Å². The van der Waals surface area contributed by atoms with Crippen molar-refractivity contribution in [3.8, 4) is 18.1 Å². The quantitative estimate of drug-likeness (QED) is 0.448. The molecule has 0 amide bonds. The molecule has 1 rings (SSSR count). The molecule has 14 heavy (non-hydrogen) atoms. The predicted octanol–water partition coefficient (Wildman–Crippen LogP) is 2.37. The Bertz CT molecular complexity index is 339. The highest BCUT2D eigenvalue weighted by molar-refractivity contribution is 5.53. The minimum atomic E-state index is 0.622. The Hall–Kier alpha value is -1.62. The molecule has 0 aromatic heterocycles. The Balaban J connectivity index is 2.47. The number of hydrogen-bond acceptors (Lipinski definition) is 2. The number of nitrogen functional groups attached to an aromatic ring is 1. The van der Waals surface area contributed by atoms with E-state index in [0.717, 1.165) is 24.2 Å². The largest absolute Gasteiger partial charge is 0.491 e. The third-order valence-corrected chi connectivity index (χ3v) is 1.89. The summed E-state index contributed by atoms with van der Waals surface area (Å²) in [6, 6.07) is 5.77. The molecular weight excluding hydrogens is 174 g/mol. The van der Waals surface area contributed by atoms with E-state index in [1.165, 1.54) is 0 Å². The Morgan fingerprint density at radius 1 is 1.50 bits per heavy atom. The van der Waals surface area contributed by atoms with Gasteiger partial charge in [-0.05, 0) is 31.0 Å². The van der Waals surface area contributed by atoms with Crippen LogP contribution in [0, 0.1) is 19.3 Å². The van der Waals surface area contributed by atoms with E-state index < -0.39 is 0 Å². The summed E-state index contributed by atoms with van der Waals surface area (Å²) < 4.78 is 5.47. The van der Waals surface area contributed by atoms with Crippen LogP contribution in [0.5, 0.6) is 5.75 Å². The van der Waals surface area contributed by atoms with Crippen LogP contribution in [0.1, 0.15) is 18.4 Å². The number of unbranched alkanes of at least 4 members (excludes halogenated alkanes) is 1. The van der Waals surface area contributed by atoms with Crippen LogP contribution in [-0.2, 0) is 0 Å². The van der Waals surface area contributed by atoms with Crippen molar-refractivity contribution in [3.05, 3.63) is 23.8 Å². The summed E-state index contributed by atoms with van der Waals surface area (Å²) in [6.07, 6.45) is 6.73. The van der Waals surface area contributed by atoms with Gasteiger partial charge in [0.05, 0.1) is 12.3 Å². The molecular formula is C12H15NO. The van der Waals surface area contributed by atoms with Crippen molar-refractivity contribution in [3.63, 3.8) is 0 Å². The lowest BCUT2D eigenvalue weighted by molar-refractivity contribution is 0.314. The van der Waals surface area contributed by atoms with Crippen LogP contribution in [0.3, 0.4) is 0 Å². The van der Waals surface area contributed by atoms with Crippen LogP contribution >= 0.6 is 0 Å². The zero-order valence-electron chi connectivity index (χ0n) is 8.42. The van der Waals surface area contributed by atoms with E-state index in [4.69, 9.17) is 16.9 Å². The maximum absolute atomic E-state index is 5.77. The normalized spacial score (nSPS) is 9.43. The molecule has 74 valence electrons. The van der Waals surface area contributed by atoms with Gasteiger partial charge in [-0.3, -0.25) is 0 Å². The van der Waals surface area contributed by atoms with Crippen molar-refractivity contribution in [2.45, 2.75) is 19.8 Å². The molecule has 0 saturated carbocycles. The van der Waals surface area contributed by atoms with Gasteiger partial charge < -0.3 is 10.5 Å². The van der Waals surface area contributed by atoms with Gasteiger partial charge in [0.25, 0.3) is 0 Å². The van der Waals surface area contributed by atoms with Gasteiger partial charge in [-0.1, -0.05) is 6.07 Å². The van der Waals surface area contributed by atoms with E-state index in [1.54, 1.807) is 0 Å². The van der Waals surface area contributed by atoms with Crippen molar-refractivity contribution < 1.29 is 4.74 Å². The van der Waals surface area contributed by atoms with Crippen LogP contribution in [0.25, 0.3) is 0 Å². The first-order chi connectivity index (χ1) is 6.74. The molecule has 2 heteroatoms. The summed E-state index contributed by atoms with van der Waals surface area (Å²) in [4.78, 5) is 0. The molecule has 0 aliphatic heterocycles. The second-order valence-electron chi connectivity index (χ2n) is 3.20. The third kappa shape index (κ3) is 3.02. The third-order valence-electron chi connectivity index (χ3n) is 1.89. The standard InChI is InChI=1S/C12H15NO/c1-3-4-5-8-14-12-7-6-10(2)9-11(12)13/h1,6-7,9H,4-5,8,13H2,2H3. The van der Waals surface area contributed by atoms with Gasteiger partial charge >= 0.3 is 0 Å². The molecule has 2 N–H and O–H groups in total. The number of terminal acetylenes is 1. The molecule has 0 unspecified atom stereocenters.